The van der Waals surface area contributed by atoms with Crippen molar-refractivity contribution in [1.29, 1.82) is 0 Å². The van der Waals surface area contributed by atoms with Gasteiger partial charge in [-0.2, -0.15) is 0 Å². The smallest absolute Gasteiger partial charge is 0.409 e. The van der Waals surface area contributed by atoms with E-state index in [4.69, 9.17) is 21.1 Å². The fraction of sp³-hybridized carbons (Fsp3) is 0.667. The normalized spacial score (nSPS) is 18.3. The third-order valence-corrected chi connectivity index (χ3v) is 6.07. The van der Waals surface area contributed by atoms with E-state index in [2.05, 4.69) is 4.90 Å². The molecule has 0 radical (unpaired) electrons. The van der Waals surface area contributed by atoms with E-state index in [1.165, 1.54) is 12.5 Å². The first-order valence-electron chi connectivity index (χ1n) is 10.7. The van der Waals surface area contributed by atoms with Gasteiger partial charge in [0.25, 0.3) is 0 Å². The maximum Gasteiger partial charge on any atom is 0.409 e. The van der Waals surface area contributed by atoms with Crippen LogP contribution >= 0.6 is 11.6 Å². The zero-order chi connectivity index (χ0) is 21.5. The third-order valence-electron chi connectivity index (χ3n) is 5.86. The molecule has 1 aliphatic heterocycles. The monoisotopic (exact) mass is 439 g/mol. The number of rotatable bonds is 7. The number of nitro benzene ring substituents is 1. The van der Waals surface area contributed by atoms with Crippen LogP contribution in [-0.4, -0.2) is 66.8 Å². The molecule has 0 bridgehead atoms. The number of nitro groups is 1. The van der Waals surface area contributed by atoms with E-state index in [1.54, 1.807) is 11.8 Å². The van der Waals surface area contributed by atoms with Crippen LogP contribution in [0.4, 0.5) is 10.5 Å². The second-order valence-corrected chi connectivity index (χ2v) is 8.25. The topological polar surface area (TPSA) is 85.2 Å². The molecule has 1 aromatic rings. The zero-order valence-electron chi connectivity index (χ0n) is 17.5. The van der Waals surface area contributed by atoms with Gasteiger partial charge in [0.05, 0.1) is 11.5 Å². The molecule has 0 atom stereocenters. The molecule has 3 rings (SSSR count). The molecule has 1 aliphatic carbocycles. The molecule has 8 nitrogen and oxygen atoms in total. The van der Waals surface area contributed by atoms with E-state index in [9.17, 15) is 14.9 Å². The summed E-state index contributed by atoms with van der Waals surface area (Å²) in [5, 5.41) is 12.0. The highest BCUT2D eigenvalue weighted by Crippen LogP contribution is 2.43. The molecule has 30 heavy (non-hydrogen) atoms. The zero-order valence-corrected chi connectivity index (χ0v) is 18.2. The summed E-state index contributed by atoms with van der Waals surface area (Å²) in [6.07, 6.45) is 5.17. The van der Waals surface area contributed by atoms with Crippen LogP contribution in [0.5, 0.6) is 5.75 Å². The molecular formula is C21H30ClN3O5. The van der Waals surface area contributed by atoms with Crippen molar-refractivity contribution in [2.45, 2.75) is 44.9 Å². The Hall–Kier alpha value is -2.06. The van der Waals surface area contributed by atoms with Gasteiger partial charge < -0.3 is 14.4 Å². The Kier molecular flexibility index (Phi) is 8.16. The van der Waals surface area contributed by atoms with Gasteiger partial charge in [0.2, 0.25) is 5.75 Å². The number of halogens is 1. The summed E-state index contributed by atoms with van der Waals surface area (Å²) in [4.78, 5) is 26.9. The van der Waals surface area contributed by atoms with Crippen molar-refractivity contribution in [3.05, 3.63) is 32.8 Å². The van der Waals surface area contributed by atoms with Gasteiger partial charge in [-0.3, -0.25) is 15.0 Å². The molecule has 1 saturated carbocycles. The van der Waals surface area contributed by atoms with E-state index >= 15 is 0 Å². The minimum atomic E-state index is -0.411. The summed E-state index contributed by atoms with van der Waals surface area (Å²) in [5.41, 5.74) is 0.802. The summed E-state index contributed by atoms with van der Waals surface area (Å²) in [6, 6.07) is 3.21. The maximum absolute atomic E-state index is 11.8. The molecule has 1 aromatic carbocycles. The number of ether oxygens (including phenoxy) is 2. The van der Waals surface area contributed by atoms with Crippen LogP contribution < -0.4 is 4.74 Å². The molecule has 0 unspecified atom stereocenters. The summed E-state index contributed by atoms with van der Waals surface area (Å²) in [6.45, 7) is 5.81. The van der Waals surface area contributed by atoms with Crippen molar-refractivity contribution in [2.24, 2.45) is 0 Å². The van der Waals surface area contributed by atoms with Crippen molar-refractivity contribution in [1.82, 2.24) is 9.80 Å². The van der Waals surface area contributed by atoms with Crippen molar-refractivity contribution >= 4 is 23.4 Å². The molecule has 0 spiro atoms. The lowest BCUT2D eigenvalue weighted by atomic mass is 9.83. The lowest BCUT2D eigenvalue weighted by Gasteiger charge is -2.34. The van der Waals surface area contributed by atoms with Crippen LogP contribution in [-0.2, 0) is 4.74 Å². The van der Waals surface area contributed by atoms with Crippen LogP contribution in [0.1, 0.15) is 50.5 Å². The van der Waals surface area contributed by atoms with E-state index in [-0.39, 0.29) is 17.7 Å². The number of hydrogen-bond acceptors (Lipinski definition) is 6. The number of piperazine rings is 1. The van der Waals surface area contributed by atoms with Crippen LogP contribution in [0.2, 0.25) is 5.02 Å². The first-order chi connectivity index (χ1) is 14.5. The van der Waals surface area contributed by atoms with E-state index < -0.39 is 4.92 Å². The van der Waals surface area contributed by atoms with E-state index in [1.807, 2.05) is 6.07 Å². The number of carbonyl (C=O) groups excluding carboxylic acids is 1. The van der Waals surface area contributed by atoms with Crippen LogP contribution in [0, 0.1) is 10.1 Å². The molecule has 0 N–H and O–H groups in total. The number of hydrogen-bond donors (Lipinski definition) is 0. The Morgan fingerprint density at radius 1 is 1.20 bits per heavy atom. The van der Waals surface area contributed by atoms with Gasteiger partial charge >= 0.3 is 11.8 Å². The first kappa shape index (κ1) is 22.6. The van der Waals surface area contributed by atoms with Gasteiger partial charge in [-0.15, -0.1) is 0 Å². The highest BCUT2D eigenvalue weighted by atomic mass is 35.5. The van der Waals surface area contributed by atoms with Gasteiger partial charge in [0, 0.05) is 49.4 Å². The summed E-state index contributed by atoms with van der Waals surface area (Å²) in [5.74, 6) is 0.612. The fourth-order valence-corrected chi connectivity index (χ4v) is 4.48. The van der Waals surface area contributed by atoms with Crippen molar-refractivity contribution in [2.75, 3.05) is 45.9 Å². The molecule has 1 heterocycles. The Labute approximate surface area is 182 Å². The number of carbonyl (C=O) groups is 1. The largest absolute Gasteiger partial charge is 0.485 e. The Balaban J connectivity index is 1.62. The second-order valence-electron chi connectivity index (χ2n) is 7.81. The molecule has 166 valence electrons. The summed E-state index contributed by atoms with van der Waals surface area (Å²) < 4.78 is 11.0. The molecule has 9 heteroatoms. The van der Waals surface area contributed by atoms with Crippen molar-refractivity contribution in [3.8, 4) is 5.75 Å². The molecule has 1 saturated heterocycles. The standard InChI is InChI=1S/C21H30ClN3O5/c1-2-29-21(26)24-10-8-23(9-11-24)12-13-30-20-18(16-6-4-3-5-7-16)14-17(22)15-19(20)25(27)28/h14-16H,2-13H2,1H3. The van der Waals surface area contributed by atoms with Gasteiger partial charge in [0.15, 0.2) is 0 Å². The van der Waals surface area contributed by atoms with Gasteiger partial charge in [-0.1, -0.05) is 30.9 Å². The average Bonchev–Trinajstić information content (AvgIpc) is 2.75. The number of nitrogens with zero attached hydrogens (tertiary/aromatic N) is 3. The van der Waals surface area contributed by atoms with Gasteiger partial charge in [-0.05, 0) is 31.7 Å². The molecule has 2 fully saturated rings. The number of benzene rings is 1. The minimum Gasteiger partial charge on any atom is -0.485 e. The summed E-state index contributed by atoms with van der Waals surface area (Å²) in [7, 11) is 0. The predicted octanol–water partition coefficient (Wildman–Crippen LogP) is 4.45. The van der Waals surface area contributed by atoms with Crippen molar-refractivity contribution < 1.29 is 19.2 Å². The second kappa shape index (κ2) is 10.8. The summed E-state index contributed by atoms with van der Waals surface area (Å²) >= 11 is 6.19. The quantitative estimate of drug-likeness (QED) is 0.461. The lowest BCUT2D eigenvalue weighted by molar-refractivity contribution is -0.386. The third kappa shape index (κ3) is 5.76. The SMILES string of the molecule is CCOC(=O)N1CCN(CCOc2c(C3CCCCC3)cc(Cl)cc2[N+](=O)[O-])CC1. The molecule has 0 aromatic heterocycles. The highest BCUT2D eigenvalue weighted by Gasteiger charge is 2.28. The first-order valence-corrected chi connectivity index (χ1v) is 11.1. The lowest BCUT2D eigenvalue weighted by Crippen LogP contribution is -2.49. The van der Waals surface area contributed by atoms with E-state index in [0.717, 1.165) is 44.3 Å². The highest BCUT2D eigenvalue weighted by molar-refractivity contribution is 6.31. The molecule has 1 amide bonds. The number of amides is 1. The van der Waals surface area contributed by atoms with Crippen LogP contribution in [0.15, 0.2) is 12.1 Å². The van der Waals surface area contributed by atoms with Crippen molar-refractivity contribution in [3.63, 3.8) is 0 Å². The fourth-order valence-electron chi connectivity index (χ4n) is 4.26. The molecular weight excluding hydrogens is 410 g/mol. The Morgan fingerprint density at radius 2 is 1.90 bits per heavy atom. The Bertz CT molecular complexity index is 746. The van der Waals surface area contributed by atoms with Gasteiger partial charge in [-0.25, -0.2) is 4.79 Å². The van der Waals surface area contributed by atoms with E-state index in [0.29, 0.717) is 43.6 Å². The minimum absolute atomic E-state index is 0.0600. The molecule has 2 aliphatic rings. The predicted molar refractivity (Wildman–Crippen MR) is 114 cm³/mol. The maximum atomic E-state index is 11.8. The van der Waals surface area contributed by atoms with Crippen LogP contribution in [0.25, 0.3) is 0 Å². The van der Waals surface area contributed by atoms with Gasteiger partial charge in [0.1, 0.15) is 6.61 Å². The van der Waals surface area contributed by atoms with Crippen LogP contribution in [0.3, 0.4) is 0 Å². The average molecular weight is 440 g/mol. The Morgan fingerprint density at radius 3 is 2.53 bits per heavy atom.